The fraction of sp³-hybridized carbons (Fsp3) is 0.0952. The molecule has 3 aromatic carbocycles. The van der Waals surface area contributed by atoms with Crippen LogP contribution >= 0.6 is 0 Å². The van der Waals surface area contributed by atoms with E-state index in [1.54, 1.807) is 43.3 Å². The molecule has 2 amide bonds. The van der Waals surface area contributed by atoms with Crippen molar-refractivity contribution < 1.29 is 13.9 Å². The van der Waals surface area contributed by atoms with Gasteiger partial charge in [0.15, 0.2) is 0 Å². The van der Waals surface area contributed by atoms with Crippen LogP contribution in [0.25, 0.3) is 0 Å². The molecule has 0 heterocycles. The second-order valence-corrected chi connectivity index (χ2v) is 5.79. The lowest BCUT2D eigenvalue weighted by Gasteiger charge is -2.11. The standard InChI is InChI=1S/C21H19FN2O2/c1-15-19(22)8-5-9-20(15)24-21(25)23-17-10-12-18(13-11-17)26-14-16-6-3-2-4-7-16/h2-13H,14H2,1H3,(H2,23,24,25). The lowest BCUT2D eigenvalue weighted by molar-refractivity contribution is 0.262. The van der Waals surface area contributed by atoms with Gasteiger partial charge >= 0.3 is 6.03 Å². The molecule has 0 bridgehead atoms. The van der Waals surface area contributed by atoms with Crippen LogP contribution in [0.3, 0.4) is 0 Å². The molecule has 0 aromatic heterocycles. The van der Waals surface area contributed by atoms with Gasteiger partial charge in [0.2, 0.25) is 0 Å². The van der Waals surface area contributed by atoms with Gasteiger partial charge in [-0.3, -0.25) is 0 Å². The van der Waals surface area contributed by atoms with E-state index in [2.05, 4.69) is 10.6 Å². The summed E-state index contributed by atoms with van der Waals surface area (Å²) in [6.45, 7) is 2.09. The van der Waals surface area contributed by atoms with Crippen molar-refractivity contribution in [2.24, 2.45) is 0 Å². The first-order chi connectivity index (χ1) is 12.6. The molecule has 0 saturated heterocycles. The van der Waals surface area contributed by atoms with Crippen LogP contribution in [0.5, 0.6) is 5.75 Å². The van der Waals surface area contributed by atoms with Gasteiger partial charge in [0.25, 0.3) is 0 Å². The molecule has 0 spiro atoms. The molecule has 3 rings (SSSR count). The average molecular weight is 350 g/mol. The van der Waals surface area contributed by atoms with Gasteiger partial charge in [0.1, 0.15) is 18.2 Å². The number of hydrogen-bond acceptors (Lipinski definition) is 2. The van der Waals surface area contributed by atoms with Gasteiger partial charge in [-0.1, -0.05) is 36.4 Å². The number of nitrogens with one attached hydrogen (secondary N) is 2. The van der Waals surface area contributed by atoms with E-state index < -0.39 is 6.03 Å². The molecule has 26 heavy (non-hydrogen) atoms. The third kappa shape index (κ3) is 4.60. The first-order valence-corrected chi connectivity index (χ1v) is 8.22. The van der Waals surface area contributed by atoms with Gasteiger partial charge in [-0.15, -0.1) is 0 Å². The van der Waals surface area contributed by atoms with Crippen LogP contribution in [0.15, 0.2) is 72.8 Å². The minimum Gasteiger partial charge on any atom is -0.489 e. The fourth-order valence-corrected chi connectivity index (χ4v) is 2.40. The fourth-order valence-electron chi connectivity index (χ4n) is 2.40. The molecule has 2 N–H and O–H groups in total. The minimum absolute atomic E-state index is 0.359. The molecular weight excluding hydrogens is 331 g/mol. The Bertz CT molecular complexity index is 880. The second-order valence-electron chi connectivity index (χ2n) is 5.79. The Morgan fingerprint density at radius 3 is 2.38 bits per heavy atom. The van der Waals surface area contributed by atoms with Crippen molar-refractivity contribution in [3.8, 4) is 5.75 Å². The summed E-state index contributed by atoms with van der Waals surface area (Å²) in [7, 11) is 0. The quantitative estimate of drug-likeness (QED) is 0.651. The molecular formula is C21H19FN2O2. The summed E-state index contributed by atoms with van der Waals surface area (Å²) >= 11 is 0. The number of hydrogen-bond donors (Lipinski definition) is 2. The molecule has 0 fully saturated rings. The molecule has 132 valence electrons. The van der Waals surface area contributed by atoms with Gasteiger partial charge in [0, 0.05) is 16.9 Å². The lowest BCUT2D eigenvalue weighted by Crippen LogP contribution is -2.20. The molecule has 4 nitrogen and oxygen atoms in total. The Morgan fingerprint density at radius 2 is 1.65 bits per heavy atom. The summed E-state index contributed by atoms with van der Waals surface area (Å²) in [6.07, 6.45) is 0. The molecule has 0 radical (unpaired) electrons. The lowest BCUT2D eigenvalue weighted by atomic mass is 10.2. The van der Waals surface area contributed by atoms with Crippen molar-refractivity contribution >= 4 is 17.4 Å². The number of anilines is 2. The summed E-state index contributed by atoms with van der Waals surface area (Å²) in [6, 6.07) is 21.1. The Morgan fingerprint density at radius 1 is 0.923 bits per heavy atom. The zero-order chi connectivity index (χ0) is 18.4. The van der Waals surface area contributed by atoms with Crippen LogP contribution in [0.1, 0.15) is 11.1 Å². The third-order valence-corrected chi connectivity index (χ3v) is 3.88. The maximum Gasteiger partial charge on any atom is 0.323 e. The topological polar surface area (TPSA) is 50.4 Å². The summed E-state index contributed by atoms with van der Waals surface area (Å²) in [5, 5.41) is 5.35. The van der Waals surface area contributed by atoms with E-state index in [-0.39, 0.29) is 5.82 Å². The predicted molar refractivity (Wildman–Crippen MR) is 101 cm³/mol. The van der Waals surface area contributed by atoms with Crippen LogP contribution in [0.2, 0.25) is 0 Å². The number of rotatable bonds is 5. The highest BCUT2D eigenvalue weighted by molar-refractivity contribution is 6.00. The van der Waals surface area contributed by atoms with Crippen LogP contribution in [-0.4, -0.2) is 6.03 Å². The highest BCUT2D eigenvalue weighted by Crippen LogP contribution is 2.19. The smallest absolute Gasteiger partial charge is 0.323 e. The van der Waals surface area contributed by atoms with Gasteiger partial charge in [-0.05, 0) is 48.9 Å². The summed E-state index contributed by atoms with van der Waals surface area (Å²) in [4.78, 5) is 12.1. The van der Waals surface area contributed by atoms with Crippen molar-refractivity contribution in [1.82, 2.24) is 0 Å². The van der Waals surface area contributed by atoms with E-state index in [0.717, 1.165) is 5.56 Å². The zero-order valence-electron chi connectivity index (χ0n) is 14.3. The number of carbonyl (C=O) groups is 1. The maximum atomic E-state index is 13.5. The first kappa shape index (κ1) is 17.5. The van der Waals surface area contributed by atoms with E-state index in [1.807, 2.05) is 30.3 Å². The molecule has 5 heteroatoms. The largest absolute Gasteiger partial charge is 0.489 e. The van der Waals surface area contributed by atoms with Crippen LogP contribution < -0.4 is 15.4 Å². The Kier molecular flexibility index (Phi) is 5.49. The number of ether oxygens (including phenoxy) is 1. The molecule has 0 aliphatic heterocycles. The highest BCUT2D eigenvalue weighted by atomic mass is 19.1. The summed E-state index contributed by atoms with van der Waals surface area (Å²) in [5.74, 6) is 0.350. The van der Waals surface area contributed by atoms with Gasteiger partial charge < -0.3 is 15.4 Å². The van der Waals surface area contributed by atoms with Crippen molar-refractivity contribution in [3.63, 3.8) is 0 Å². The van der Waals surface area contributed by atoms with E-state index in [0.29, 0.717) is 29.3 Å². The molecule has 0 aliphatic carbocycles. The van der Waals surface area contributed by atoms with Crippen LogP contribution in [0, 0.1) is 12.7 Å². The Hall–Kier alpha value is -3.34. The second kappa shape index (κ2) is 8.16. The number of urea groups is 1. The molecule has 0 aliphatic rings. The normalized spacial score (nSPS) is 10.2. The summed E-state index contributed by atoms with van der Waals surface area (Å²) in [5.41, 5.74) is 2.53. The Labute approximate surface area is 151 Å². The van der Waals surface area contributed by atoms with E-state index in [4.69, 9.17) is 4.74 Å². The molecule has 0 unspecified atom stereocenters. The predicted octanol–water partition coefficient (Wildman–Crippen LogP) is 5.36. The maximum absolute atomic E-state index is 13.5. The van der Waals surface area contributed by atoms with Crippen molar-refractivity contribution in [2.75, 3.05) is 10.6 Å². The Balaban J connectivity index is 1.55. The van der Waals surface area contributed by atoms with Crippen molar-refractivity contribution in [3.05, 3.63) is 89.7 Å². The first-order valence-electron chi connectivity index (χ1n) is 8.22. The SMILES string of the molecule is Cc1c(F)cccc1NC(=O)Nc1ccc(OCc2ccccc2)cc1. The van der Waals surface area contributed by atoms with Crippen molar-refractivity contribution in [2.45, 2.75) is 13.5 Å². The van der Waals surface area contributed by atoms with Crippen LogP contribution in [0.4, 0.5) is 20.6 Å². The number of halogens is 1. The van der Waals surface area contributed by atoms with E-state index >= 15 is 0 Å². The highest BCUT2D eigenvalue weighted by Gasteiger charge is 2.07. The zero-order valence-corrected chi connectivity index (χ0v) is 14.3. The van der Waals surface area contributed by atoms with Crippen LogP contribution in [-0.2, 0) is 6.61 Å². The number of amides is 2. The van der Waals surface area contributed by atoms with E-state index in [1.165, 1.54) is 6.07 Å². The van der Waals surface area contributed by atoms with Gasteiger partial charge in [-0.2, -0.15) is 0 Å². The monoisotopic (exact) mass is 350 g/mol. The van der Waals surface area contributed by atoms with Crippen molar-refractivity contribution in [1.29, 1.82) is 0 Å². The van der Waals surface area contributed by atoms with E-state index in [9.17, 15) is 9.18 Å². The molecule has 0 atom stereocenters. The molecule has 3 aromatic rings. The third-order valence-electron chi connectivity index (χ3n) is 3.88. The molecule has 0 saturated carbocycles. The minimum atomic E-state index is -0.434. The van der Waals surface area contributed by atoms with Gasteiger partial charge in [-0.25, -0.2) is 9.18 Å². The summed E-state index contributed by atoms with van der Waals surface area (Å²) < 4.78 is 19.2. The van der Waals surface area contributed by atoms with Gasteiger partial charge in [0.05, 0.1) is 0 Å². The average Bonchev–Trinajstić information content (AvgIpc) is 2.66. The number of carbonyl (C=O) groups excluding carboxylic acids is 1. The number of benzene rings is 3.